The van der Waals surface area contributed by atoms with Gasteiger partial charge in [-0.15, -0.1) is 0 Å². The summed E-state index contributed by atoms with van der Waals surface area (Å²) in [5, 5.41) is 6.53. The first-order valence-electron chi connectivity index (χ1n) is 8.19. The van der Waals surface area contributed by atoms with Crippen LogP contribution in [0.25, 0.3) is 0 Å². The van der Waals surface area contributed by atoms with Crippen LogP contribution < -0.4 is 15.4 Å². The standard InChI is InChI=1S/C19H23N3OS/c1-24-21-12-15-8-6-14(7-9-15)11-20-13-17-10-16-4-2-3-5-18(16)19(23)22-17/h2-9,17,20-21H,10-13H2,1H3,(H,22,23). The number of fused-ring (bicyclic) bond motifs is 1. The highest BCUT2D eigenvalue weighted by Crippen LogP contribution is 2.16. The van der Waals surface area contributed by atoms with E-state index in [-0.39, 0.29) is 11.9 Å². The third kappa shape index (κ3) is 4.38. The normalized spacial score (nSPS) is 16.5. The Balaban J connectivity index is 1.48. The van der Waals surface area contributed by atoms with Gasteiger partial charge in [0.15, 0.2) is 0 Å². The summed E-state index contributed by atoms with van der Waals surface area (Å²) in [5.41, 5.74) is 4.48. The summed E-state index contributed by atoms with van der Waals surface area (Å²) < 4.78 is 3.24. The first-order chi connectivity index (χ1) is 11.8. The maximum atomic E-state index is 12.1. The second kappa shape index (κ2) is 8.33. The van der Waals surface area contributed by atoms with Gasteiger partial charge in [-0.3, -0.25) is 9.52 Å². The van der Waals surface area contributed by atoms with Gasteiger partial charge in [0.2, 0.25) is 0 Å². The Morgan fingerprint density at radius 3 is 2.54 bits per heavy atom. The molecule has 0 radical (unpaired) electrons. The molecule has 0 aliphatic carbocycles. The molecular formula is C19H23N3OS. The minimum absolute atomic E-state index is 0.0364. The Bertz CT molecular complexity index is 687. The third-order valence-electron chi connectivity index (χ3n) is 4.23. The summed E-state index contributed by atoms with van der Waals surface area (Å²) in [6, 6.07) is 16.6. The Morgan fingerprint density at radius 2 is 1.79 bits per heavy atom. The lowest BCUT2D eigenvalue weighted by Crippen LogP contribution is -2.46. The summed E-state index contributed by atoms with van der Waals surface area (Å²) in [4.78, 5) is 12.1. The van der Waals surface area contributed by atoms with Crippen molar-refractivity contribution in [1.82, 2.24) is 15.4 Å². The highest BCUT2D eigenvalue weighted by molar-refractivity contribution is 7.96. The van der Waals surface area contributed by atoms with E-state index in [2.05, 4.69) is 39.6 Å². The van der Waals surface area contributed by atoms with Gasteiger partial charge in [-0.1, -0.05) is 54.4 Å². The lowest BCUT2D eigenvalue weighted by atomic mass is 9.95. The number of rotatable bonds is 7. The average Bonchev–Trinajstić information content (AvgIpc) is 2.61. The zero-order valence-corrected chi connectivity index (χ0v) is 14.7. The van der Waals surface area contributed by atoms with E-state index in [1.165, 1.54) is 11.1 Å². The van der Waals surface area contributed by atoms with Crippen molar-refractivity contribution in [3.63, 3.8) is 0 Å². The third-order valence-corrected chi connectivity index (χ3v) is 4.66. The summed E-state index contributed by atoms with van der Waals surface area (Å²) in [6.07, 6.45) is 2.91. The van der Waals surface area contributed by atoms with E-state index in [0.717, 1.165) is 37.2 Å². The maximum absolute atomic E-state index is 12.1. The van der Waals surface area contributed by atoms with Crippen molar-refractivity contribution in [2.45, 2.75) is 25.6 Å². The molecule has 0 saturated heterocycles. The predicted molar refractivity (Wildman–Crippen MR) is 99.9 cm³/mol. The minimum atomic E-state index is 0.0364. The molecule has 2 aromatic carbocycles. The second-order valence-electron chi connectivity index (χ2n) is 6.00. The number of carbonyl (C=O) groups is 1. The predicted octanol–water partition coefficient (Wildman–Crippen LogP) is 2.50. The SMILES string of the molecule is CSNCc1ccc(CNCC2Cc3ccccc3C(=O)N2)cc1. The Labute approximate surface area is 147 Å². The van der Waals surface area contributed by atoms with Gasteiger partial charge in [-0.2, -0.15) is 0 Å². The second-order valence-corrected chi connectivity index (χ2v) is 6.70. The van der Waals surface area contributed by atoms with Gasteiger partial charge >= 0.3 is 0 Å². The van der Waals surface area contributed by atoms with Crippen LogP contribution in [0.1, 0.15) is 27.0 Å². The molecule has 1 aliphatic rings. The molecule has 4 nitrogen and oxygen atoms in total. The highest BCUT2D eigenvalue weighted by atomic mass is 32.2. The lowest BCUT2D eigenvalue weighted by Gasteiger charge is -2.25. The maximum Gasteiger partial charge on any atom is 0.251 e. The quantitative estimate of drug-likeness (QED) is 0.678. The molecule has 5 heteroatoms. The smallest absolute Gasteiger partial charge is 0.251 e. The number of carbonyl (C=O) groups excluding carboxylic acids is 1. The molecule has 1 atom stereocenters. The largest absolute Gasteiger partial charge is 0.348 e. The fourth-order valence-electron chi connectivity index (χ4n) is 2.94. The Hall–Kier alpha value is -1.82. The van der Waals surface area contributed by atoms with Crippen LogP contribution in [0.4, 0.5) is 0 Å². The summed E-state index contributed by atoms with van der Waals surface area (Å²) in [7, 11) is 0. The van der Waals surface area contributed by atoms with Gasteiger partial charge in [-0.25, -0.2) is 0 Å². The number of nitrogens with one attached hydrogen (secondary N) is 3. The van der Waals surface area contributed by atoms with E-state index in [1.54, 1.807) is 11.9 Å². The van der Waals surface area contributed by atoms with Crippen LogP contribution >= 0.6 is 11.9 Å². The molecule has 3 rings (SSSR count). The highest BCUT2D eigenvalue weighted by Gasteiger charge is 2.23. The van der Waals surface area contributed by atoms with E-state index >= 15 is 0 Å². The molecule has 1 unspecified atom stereocenters. The van der Waals surface area contributed by atoms with Crippen LogP contribution in [-0.4, -0.2) is 24.7 Å². The van der Waals surface area contributed by atoms with Crippen molar-refractivity contribution in [1.29, 1.82) is 0 Å². The summed E-state index contributed by atoms with van der Waals surface area (Å²) in [6.45, 7) is 2.46. The van der Waals surface area contributed by atoms with Gasteiger partial charge in [0.05, 0.1) is 0 Å². The first-order valence-corrected chi connectivity index (χ1v) is 9.42. The van der Waals surface area contributed by atoms with Crippen molar-refractivity contribution in [2.24, 2.45) is 0 Å². The average molecular weight is 341 g/mol. The van der Waals surface area contributed by atoms with E-state index < -0.39 is 0 Å². The van der Waals surface area contributed by atoms with Gasteiger partial charge in [-0.05, 0) is 35.4 Å². The Morgan fingerprint density at radius 1 is 1.08 bits per heavy atom. The van der Waals surface area contributed by atoms with Gasteiger partial charge < -0.3 is 10.6 Å². The van der Waals surface area contributed by atoms with Crippen LogP contribution in [0.5, 0.6) is 0 Å². The molecule has 3 N–H and O–H groups in total. The summed E-state index contributed by atoms with van der Waals surface area (Å²) >= 11 is 1.63. The number of hydrogen-bond acceptors (Lipinski definition) is 4. The van der Waals surface area contributed by atoms with Crippen LogP contribution in [0.3, 0.4) is 0 Å². The monoisotopic (exact) mass is 341 g/mol. The number of benzene rings is 2. The molecule has 0 spiro atoms. The van der Waals surface area contributed by atoms with Gasteiger partial charge in [0.1, 0.15) is 0 Å². The van der Waals surface area contributed by atoms with E-state index in [9.17, 15) is 4.79 Å². The van der Waals surface area contributed by atoms with Crippen molar-refractivity contribution >= 4 is 17.9 Å². The lowest BCUT2D eigenvalue weighted by molar-refractivity contribution is 0.0925. The van der Waals surface area contributed by atoms with Crippen molar-refractivity contribution in [3.8, 4) is 0 Å². The van der Waals surface area contributed by atoms with Crippen molar-refractivity contribution in [2.75, 3.05) is 12.8 Å². The van der Waals surface area contributed by atoms with Gasteiger partial charge in [0, 0.05) is 31.2 Å². The van der Waals surface area contributed by atoms with Crippen LogP contribution in [-0.2, 0) is 19.5 Å². The van der Waals surface area contributed by atoms with E-state index in [1.807, 2.05) is 30.5 Å². The van der Waals surface area contributed by atoms with Crippen molar-refractivity contribution < 1.29 is 4.79 Å². The molecule has 0 saturated carbocycles. The number of hydrogen-bond donors (Lipinski definition) is 3. The van der Waals surface area contributed by atoms with E-state index in [4.69, 9.17) is 0 Å². The molecule has 0 aromatic heterocycles. The molecule has 24 heavy (non-hydrogen) atoms. The molecule has 1 heterocycles. The van der Waals surface area contributed by atoms with Crippen LogP contribution in [0.2, 0.25) is 0 Å². The van der Waals surface area contributed by atoms with Crippen LogP contribution in [0, 0.1) is 0 Å². The fourth-order valence-corrected chi connectivity index (χ4v) is 3.25. The molecular weight excluding hydrogens is 318 g/mol. The van der Waals surface area contributed by atoms with Crippen molar-refractivity contribution in [3.05, 3.63) is 70.8 Å². The molecule has 0 bridgehead atoms. The van der Waals surface area contributed by atoms with Crippen LogP contribution in [0.15, 0.2) is 48.5 Å². The fraction of sp³-hybridized carbons (Fsp3) is 0.316. The summed E-state index contributed by atoms with van der Waals surface area (Å²) in [5.74, 6) is 0.0364. The topological polar surface area (TPSA) is 53.2 Å². The molecule has 1 amide bonds. The molecule has 2 aromatic rings. The zero-order chi connectivity index (χ0) is 16.8. The van der Waals surface area contributed by atoms with E-state index in [0.29, 0.717) is 0 Å². The minimum Gasteiger partial charge on any atom is -0.348 e. The molecule has 126 valence electrons. The number of amides is 1. The first kappa shape index (κ1) is 17.0. The zero-order valence-electron chi connectivity index (χ0n) is 13.8. The molecule has 1 aliphatic heterocycles. The van der Waals surface area contributed by atoms with Gasteiger partial charge in [0.25, 0.3) is 5.91 Å². The molecule has 0 fully saturated rings. The Kier molecular flexibility index (Phi) is 5.91.